The Morgan fingerprint density at radius 2 is 1.94 bits per heavy atom. The van der Waals surface area contributed by atoms with Gasteiger partial charge >= 0.3 is 0 Å². The average molecular weight is 272 g/mol. The lowest BCUT2D eigenvalue weighted by molar-refractivity contribution is 0.317. The Morgan fingerprint density at radius 3 is 2.33 bits per heavy atom. The zero-order valence-corrected chi connectivity index (χ0v) is 11.9. The molecule has 0 saturated carbocycles. The van der Waals surface area contributed by atoms with Gasteiger partial charge in [0.05, 0.1) is 0 Å². The van der Waals surface area contributed by atoms with Crippen molar-refractivity contribution in [2.75, 3.05) is 5.43 Å². The number of hydrazine groups is 1. The van der Waals surface area contributed by atoms with Crippen LogP contribution in [-0.2, 0) is 10.0 Å². The van der Waals surface area contributed by atoms with Crippen LogP contribution >= 0.6 is 0 Å². The van der Waals surface area contributed by atoms with E-state index in [2.05, 4.69) is 15.1 Å². The zero-order valence-electron chi connectivity index (χ0n) is 11.1. The van der Waals surface area contributed by atoms with Gasteiger partial charge in [-0.3, -0.25) is 0 Å². The zero-order chi connectivity index (χ0) is 14.0. The molecule has 0 saturated heterocycles. The summed E-state index contributed by atoms with van der Waals surface area (Å²) in [5, 5.41) is 0. The third kappa shape index (κ3) is 3.66. The molecular formula is C11H20N4O2S. The first-order chi connectivity index (χ1) is 8.16. The predicted molar refractivity (Wildman–Crippen MR) is 71.3 cm³/mol. The van der Waals surface area contributed by atoms with Gasteiger partial charge < -0.3 is 5.43 Å². The van der Waals surface area contributed by atoms with Gasteiger partial charge in [0.2, 0.25) is 10.0 Å². The minimum Gasteiger partial charge on any atom is -0.308 e. The molecule has 0 aromatic carbocycles. The molecule has 1 aromatic rings. The maximum Gasteiger partial charge on any atom is 0.242 e. The molecule has 1 rings (SSSR count). The van der Waals surface area contributed by atoms with E-state index in [1.165, 1.54) is 18.3 Å². The first-order valence-electron chi connectivity index (χ1n) is 5.62. The molecule has 1 atom stereocenters. The Morgan fingerprint density at radius 1 is 1.33 bits per heavy atom. The van der Waals surface area contributed by atoms with Crippen molar-refractivity contribution in [2.45, 2.75) is 38.6 Å². The van der Waals surface area contributed by atoms with Crippen LogP contribution in [0, 0.1) is 5.41 Å². The third-order valence-corrected chi connectivity index (χ3v) is 4.35. The van der Waals surface area contributed by atoms with E-state index in [0.717, 1.165) is 0 Å². The Kier molecular flexibility index (Phi) is 4.31. The number of pyridine rings is 1. The molecular weight excluding hydrogens is 252 g/mol. The maximum atomic E-state index is 12.1. The summed E-state index contributed by atoms with van der Waals surface area (Å²) in [6, 6.07) is 2.78. The van der Waals surface area contributed by atoms with Crippen molar-refractivity contribution in [2.24, 2.45) is 11.3 Å². The Hall–Kier alpha value is -1.18. The second-order valence-corrected chi connectivity index (χ2v) is 6.95. The van der Waals surface area contributed by atoms with Crippen LogP contribution in [-0.4, -0.2) is 19.4 Å². The van der Waals surface area contributed by atoms with E-state index < -0.39 is 10.0 Å². The second-order valence-electron chi connectivity index (χ2n) is 5.23. The van der Waals surface area contributed by atoms with Crippen molar-refractivity contribution >= 4 is 15.8 Å². The lowest BCUT2D eigenvalue weighted by atomic mass is 9.89. The molecule has 0 aliphatic carbocycles. The van der Waals surface area contributed by atoms with Gasteiger partial charge in [-0.15, -0.1) is 0 Å². The van der Waals surface area contributed by atoms with Crippen LogP contribution in [0.3, 0.4) is 0 Å². The summed E-state index contributed by atoms with van der Waals surface area (Å²) in [6.07, 6.45) is 1.27. The van der Waals surface area contributed by atoms with E-state index in [1.807, 2.05) is 27.7 Å². The van der Waals surface area contributed by atoms with Crippen molar-refractivity contribution in [3.63, 3.8) is 0 Å². The lowest BCUT2D eigenvalue weighted by Crippen LogP contribution is -2.41. The van der Waals surface area contributed by atoms with Crippen LogP contribution in [0.1, 0.15) is 27.7 Å². The lowest BCUT2D eigenvalue weighted by Gasteiger charge is -2.27. The molecule has 0 fully saturated rings. The third-order valence-electron chi connectivity index (χ3n) is 2.83. The summed E-state index contributed by atoms with van der Waals surface area (Å²) in [5.74, 6) is 5.58. The molecule has 18 heavy (non-hydrogen) atoms. The van der Waals surface area contributed by atoms with E-state index in [0.29, 0.717) is 5.82 Å². The molecule has 0 amide bonds. The molecule has 0 aliphatic rings. The van der Waals surface area contributed by atoms with Gasteiger partial charge in [0.15, 0.2) is 0 Å². The molecule has 1 aromatic heterocycles. The number of nitrogens with two attached hydrogens (primary N) is 1. The Balaban J connectivity index is 2.93. The van der Waals surface area contributed by atoms with Gasteiger partial charge in [-0.25, -0.2) is 24.0 Å². The minimum atomic E-state index is -3.55. The van der Waals surface area contributed by atoms with Crippen LogP contribution in [0.2, 0.25) is 0 Å². The number of sulfonamides is 1. The van der Waals surface area contributed by atoms with Crippen LogP contribution in [0.5, 0.6) is 0 Å². The quantitative estimate of drug-likeness (QED) is 0.563. The van der Waals surface area contributed by atoms with Gasteiger partial charge in [-0.2, -0.15) is 0 Å². The molecule has 1 heterocycles. The monoisotopic (exact) mass is 272 g/mol. The summed E-state index contributed by atoms with van der Waals surface area (Å²) in [4.78, 5) is 4.00. The first kappa shape index (κ1) is 14.9. The van der Waals surface area contributed by atoms with Gasteiger partial charge in [0.1, 0.15) is 10.7 Å². The predicted octanol–water partition coefficient (Wildman–Crippen LogP) is 1.08. The van der Waals surface area contributed by atoms with Crippen molar-refractivity contribution < 1.29 is 8.42 Å². The number of anilines is 1. The Bertz CT molecular complexity index is 491. The molecule has 0 radical (unpaired) electrons. The molecule has 0 spiro atoms. The molecule has 1 unspecified atom stereocenters. The van der Waals surface area contributed by atoms with Crippen LogP contribution < -0.4 is 16.0 Å². The SMILES string of the molecule is CC(NS(=O)(=O)c1ccc(NN)nc1)C(C)(C)C. The second kappa shape index (κ2) is 5.21. The number of nitrogen functional groups attached to an aromatic ring is 1. The highest BCUT2D eigenvalue weighted by atomic mass is 32.2. The minimum absolute atomic E-state index is 0.123. The van der Waals surface area contributed by atoms with E-state index in [9.17, 15) is 8.42 Å². The maximum absolute atomic E-state index is 12.1. The van der Waals surface area contributed by atoms with Crippen molar-refractivity contribution in [3.05, 3.63) is 18.3 Å². The molecule has 6 nitrogen and oxygen atoms in total. The number of hydrogen-bond acceptors (Lipinski definition) is 5. The molecule has 102 valence electrons. The highest BCUT2D eigenvalue weighted by molar-refractivity contribution is 7.89. The largest absolute Gasteiger partial charge is 0.308 e. The fraction of sp³-hybridized carbons (Fsp3) is 0.545. The number of rotatable bonds is 4. The smallest absolute Gasteiger partial charge is 0.242 e. The van der Waals surface area contributed by atoms with Crippen LogP contribution in [0.25, 0.3) is 0 Å². The standard InChI is InChI=1S/C11H20N4O2S/c1-8(11(2,3)4)15-18(16,17)9-5-6-10(14-12)13-7-9/h5-8,15H,12H2,1-4H3,(H,13,14). The molecule has 0 aliphatic heterocycles. The van der Waals surface area contributed by atoms with E-state index in [1.54, 1.807) is 0 Å². The number of hydrogen-bond donors (Lipinski definition) is 3. The van der Waals surface area contributed by atoms with Crippen molar-refractivity contribution in [1.82, 2.24) is 9.71 Å². The summed E-state index contributed by atoms with van der Waals surface area (Å²) in [7, 11) is -3.55. The van der Waals surface area contributed by atoms with Gasteiger partial charge in [0.25, 0.3) is 0 Å². The van der Waals surface area contributed by atoms with Crippen molar-refractivity contribution in [1.29, 1.82) is 0 Å². The fourth-order valence-corrected chi connectivity index (χ4v) is 2.50. The van der Waals surface area contributed by atoms with E-state index >= 15 is 0 Å². The number of nitrogens with zero attached hydrogens (tertiary/aromatic N) is 1. The van der Waals surface area contributed by atoms with Gasteiger partial charge in [0, 0.05) is 12.2 Å². The van der Waals surface area contributed by atoms with Crippen LogP contribution in [0.4, 0.5) is 5.82 Å². The van der Waals surface area contributed by atoms with Gasteiger partial charge in [-0.1, -0.05) is 20.8 Å². The number of nitrogens with one attached hydrogen (secondary N) is 2. The summed E-state index contributed by atoms with van der Waals surface area (Å²) < 4.78 is 26.8. The van der Waals surface area contributed by atoms with Crippen molar-refractivity contribution in [3.8, 4) is 0 Å². The molecule has 4 N–H and O–H groups in total. The van der Waals surface area contributed by atoms with Crippen LogP contribution in [0.15, 0.2) is 23.2 Å². The first-order valence-corrected chi connectivity index (χ1v) is 7.10. The molecule has 7 heteroatoms. The highest BCUT2D eigenvalue weighted by Gasteiger charge is 2.26. The normalized spacial score (nSPS) is 14.3. The highest BCUT2D eigenvalue weighted by Crippen LogP contribution is 2.21. The van der Waals surface area contributed by atoms with E-state index in [4.69, 9.17) is 5.84 Å². The topological polar surface area (TPSA) is 97.1 Å². The van der Waals surface area contributed by atoms with Gasteiger partial charge in [-0.05, 0) is 24.5 Å². The Labute approximate surface area is 108 Å². The number of aromatic nitrogens is 1. The average Bonchev–Trinajstić information content (AvgIpc) is 2.27. The molecule has 0 bridgehead atoms. The summed E-state index contributed by atoms with van der Waals surface area (Å²) in [6.45, 7) is 7.75. The summed E-state index contributed by atoms with van der Waals surface area (Å²) >= 11 is 0. The summed E-state index contributed by atoms with van der Waals surface area (Å²) in [5.41, 5.74) is 2.19. The van der Waals surface area contributed by atoms with E-state index in [-0.39, 0.29) is 16.4 Å². The fourth-order valence-electron chi connectivity index (χ4n) is 1.10.